The van der Waals surface area contributed by atoms with Crippen LogP contribution < -0.4 is 27.4 Å². The van der Waals surface area contributed by atoms with E-state index < -0.39 is 65.8 Å². The number of aliphatic hydroxyl groups is 1. The van der Waals surface area contributed by atoms with Crippen molar-refractivity contribution in [2.45, 2.75) is 90.6 Å². The van der Waals surface area contributed by atoms with Gasteiger partial charge in [0.1, 0.15) is 18.1 Å². The fourth-order valence-electron chi connectivity index (χ4n) is 3.03. The van der Waals surface area contributed by atoms with Crippen molar-refractivity contribution in [1.29, 1.82) is 0 Å². The molecule has 0 saturated carbocycles. The summed E-state index contributed by atoms with van der Waals surface area (Å²) in [5.74, 6) is -4.59. The first-order chi connectivity index (χ1) is 15.2. The van der Waals surface area contributed by atoms with Crippen molar-refractivity contribution in [3.63, 3.8) is 0 Å². The molecule has 190 valence electrons. The Bertz CT molecular complexity index is 698. The number of hydrogen-bond acceptors (Lipinski definition) is 7. The number of carbonyl (C=O) groups excluding carboxylic acids is 4. The number of aliphatic hydroxyl groups excluding tert-OH is 1. The zero-order valence-corrected chi connectivity index (χ0v) is 20.0. The number of aliphatic carboxylic acids is 1. The van der Waals surface area contributed by atoms with Gasteiger partial charge in [-0.25, -0.2) is 4.79 Å². The minimum absolute atomic E-state index is 0.125. The molecule has 0 bridgehead atoms. The Labute approximate surface area is 194 Å². The Balaban J connectivity index is 5.52. The average Bonchev–Trinajstić information content (AvgIpc) is 2.70. The van der Waals surface area contributed by atoms with E-state index >= 15 is 0 Å². The molecule has 0 fully saturated rings. The van der Waals surface area contributed by atoms with E-state index in [4.69, 9.17) is 11.5 Å². The minimum atomic E-state index is -1.50. The molecule has 0 rings (SSSR count). The maximum Gasteiger partial charge on any atom is 0.326 e. The third-order valence-corrected chi connectivity index (χ3v) is 5.21. The summed E-state index contributed by atoms with van der Waals surface area (Å²) in [6.45, 7) is 8.40. The molecule has 0 aromatic carbocycles. The van der Waals surface area contributed by atoms with Crippen molar-refractivity contribution >= 4 is 29.6 Å². The zero-order valence-electron chi connectivity index (χ0n) is 20.0. The third kappa shape index (κ3) is 11.1. The minimum Gasteiger partial charge on any atom is -0.480 e. The lowest BCUT2D eigenvalue weighted by molar-refractivity contribution is -0.144. The number of carboxylic acids is 1. The molecule has 12 nitrogen and oxygen atoms in total. The molecule has 12 heteroatoms. The van der Waals surface area contributed by atoms with Crippen molar-refractivity contribution in [3.05, 3.63) is 0 Å². The molecule has 0 heterocycles. The Kier molecular flexibility index (Phi) is 13.2. The summed E-state index contributed by atoms with van der Waals surface area (Å²) in [7, 11) is 0. The molecule has 0 saturated heterocycles. The number of primary amides is 1. The molecule has 33 heavy (non-hydrogen) atoms. The molecule has 9 N–H and O–H groups in total. The molecule has 0 radical (unpaired) electrons. The van der Waals surface area contributed by atoms with E-state index in [0.717, 1.165) is 0 Å². The second kappa shape index (κ2) is 14.4. The number of amides is 4. The summed E-state index contributed by atoms with van der Waals surface area (Å²) >= 11 is 0. The van der Waals surface area contributed by atoms with Crippen LogP contribution in [0.2, 0.25) is 0 Å². The number of hydrogen-bond donors (Lipinski definition) is 7. The van der Waals surface area contributed by atoms with Crippen LogP contribution in [-0.4, -0.2) is 70.1 Å². The van der Waals surface area contributed by atoms with Gasteiger partial charge in [0.25, 0.3) is 0 Å². The lowest BCUT2D eigenvalue weighted by Crippen LogP contribution is -2.60. The van der Waals surface area contributed by atoms with Crippen LogP contribution in [0, 0.1) is 11.8 Å². The van der Waals surface area contributed by atoms with Crippen molar-refractivity contribution < 1.29 is 34.2 Å². The first kappa shape index (κ1) is 30.3. The van der Waals surface area contributed by atoms with Crippen molar-refractivity contribution in [1.82, 2.24) is 16.0 Å². The highest BCUT2D eigenvalue weighted by atomic mass is 16.4. The predicted molar refractivity (Wildman–Crippen MR) is 120 cm³/mol. The van der Waals surface area contributed by atoms with Gasteiger partial charge in [0.05, 0.1) is 12.1 Å². The molecule has 0 aliphatic carbocycles. The van der Waals surface area contributed by atoms with E-state index in [1.54, 1.807) is 13.8 Å². The summed E-state index contributed by atoms with van der Waals surface area (Å²) in [6, 6.07) is -4.86. The Hall–Kier alpha value is -2.73. The van der Waals surface area contributed by atoms with Crippen LogP contribution in [-0.2, 0) is 24.0 Å². The van der Waals surface area contributed by atoms with Crippen LogP contribution >= 0.6 is 0 Å². The fourth-order valence-corrected chi connectivity index (χ4v) is 3.03. The van der Waals surface area contributed by atoms with Crippen molar-refractivity contribution in [3.8, 4) is 0 Å². The number of nitrogens with one attached hydrogen (secondary N) is 3. The summed E-state index contributed by atoms with van der Waals surface area (Å²) in [6.07, 6.45) is -0.920. The molecular weight excluding hydrogens is 434 g/mol. The van der Waals surface area contributed by atoms with Crippen LogP contribution in [0.3, 0.4) is 0 Å². The number of rotatable bonds is 15. The lowest BCUT2D eigenvalue weighted by atomic mass is 9.98. The molecule has 6 unspecified atom stereocenters. The first-order valence-corrected chi connectivity index (χ1v) is 11.1. The molecule has 0 aliphatic rings. The standard InChI is InChI=1S/C21H39N5O7/c1-6-11(4)16(21(32)33)25-20(31)17(12(5)27)26-19(30)14(7-8-15(23)28)24-18(29)13(22)9-10(2)3/h10-14,16-17,27H,6-9,22H2,1-5H3,(H2,23,28)(H,24,29)(H,25,31)(H,26,30)(H,32,33). The van der Waals surface area contributed by atoms with Crippen LogP contribution in [0.15, 0.2) is 0 Å². The van der Waals surface area contributed by atoms with Gasteiger partial charge in [0.15, 0.2) is 0 Å². The number of carbonyl (C=O) groups is 5. The maximum absolute atomic E-state index is 12.8. The van der Waals surface area contributed by atoms with Gasteiger partial charge in [0, 0.05) is 6.42 Å². The van der Waals surface area contributed by atoms with E-state index in [1.807, 2.05) is 13.8 Å². The van der Waals surface area contributed by atoms with Gasteiger partial charge < -0.3 is 37.6 Å². The largest absolute Gasteiger partial charge is 0.480 e. The van der Waals surface area contributed by atoms with Gasteiger partial charge in [-0.3, -0.25) is 19.2 Å². The molecule has 0 aromatic rings. The quantitative estimate of drug-likeness (QED) is 0.150. The van der Waals surface area contributed by atoms with E-state index in [9.17, 15) is 34.2 Å². The normalized spacial score (nSPS) is 16.6. The summed E-state index contributed by atoms with van der Waals surface area (Å²) in [5.41, 5.74) is 11.0. The van der Waals surface area contributed by atoms with Crippen molar-refractivity contribution in [2.75, 3.05) is 0 Å². The van der Waals surface area contributed by atoms with E-state index in [2.05, 4.69) is 16.0 Å². The third-order valence-electron chi connectivity index (χ3n) is 5.21. The van der Waals surface area contributed by atoms with E-state index in [1.165, 1.54) is 6.92 Å². The van der Waals surface area contributed by atoms with Gasteiger partial charge in [-0.05, 0) is 31.6 Å². The van der Waals surface area contributed by atoms with Crippen LogP contribution in [0.5, 0.6) is 0 Å². The van der Waals surface area contributed by atoms with Gasteiger partial charge in [0.2, 0.25) is 23.6 Å². The molecule has 6 atom stereocenters. The zero-order chi connectivity index (χ0) is 25.9. The smallest absolute Gasteiger partial charge is 0.326 e. The topological polar surface area (TPSA) is 214 Å². The van der Waals surface area contributed by atoms with E-state index in [-0.39, 0.29) is 18.8 Å². The second-order valence-electron chi connectivity index (χ2n) is 8.74. The van der Waals surface area contributed by atoms with Crippen molar-refractivity contribution in [2.24, 2.45) is 23.3 Å². The summed E-state index contributed by atoms with van der Waals surface area (Å²) < 4.78 is 0. The highest BCUT2D eigenvalue weighted by molar-refractivity contribution is 5.94. The van der Waals surface area contributed by atoms with Crippen LogP contribution in [0.25, 0.3) is 0 Å². The van der Waals surface area contributed by atoms with Gasteiger partial charge >= 0.3 is 5.97 Å². The van der Waals surface area contributed by atoms with Gasteiger partial charge in [-0.1, -0.05) is 34.1 Å². The SMILES string of the molecule is CCC(C)C(NC(=O)C(NC(=O)C(CCC(N)=O)NC(=O)C(N)CC(C)C)C(C)O)C(=O)O. The van der Waals surface area contributed by atoms with E-state index in [0.29, 0.717) is 12.8 Å². The van der Waals surface area contributed by atoms with Crippen LogP contribution in [0.4, 0.5) is 0 Å². The summed E-state index contributed by atoms with van der Waals surface area (Å²) in [5, 5.41) is 26.5. The van der Waals surface area contributed by atoms with Gasteiger partial charge in [-0.2, -0.15) is 0 Å². The molecular formula is C21H39N5O7. The maximum atomic E-state index is 12.8. The highest BCUT2D eigenvalue weighted by Crippen LogP contribution is 2.09. The molecule has 4 amide bonds. The average molecular weight is 474 g/mol. The fraction of sp³-hybridized carbons (Fsp3) is 0.762. The van der Waals surface area contributed by atoms with Gasteiger partial charge in [-0.15, -0.1) is 0 Å². The molecule has 0 aromatic heterocycles. The number of nitrogens with two attached hydrogens (primary N) is 2. The predicted octanol–water partition coefficient (Wildman–Crippen LogP) is -1.41. The molecule has 0 spiro atoms. The lowest BCUT2D eigenvalue weighted by Gasteiger charge is -2.27. The Morgan fingerprint density at radius 2 is 1.42 bits per heavy atom. The summed E-state index contributed by atoms with van der Waals surface area (Å²) in [4.78, 5) is 60.6. The Morgan fingerprint density at radius 1 is 0.879 bits per heavy atom. The monoisotopic (exact) mass is 473 g/mol. The number of carboxylic acid groups (broad SMARTS) is 1. The first-order valence-electron chi connectivity index (χ1n) is 11.1. The second-order valence-corrected chi connectivity index (χ2v) is 8.74. The Morgan fingerprint density at radius 3 is 1.85 bits per heavy atom. The molecule has 0 aliphatic heterocycles. The highest BCUT2D eigenvalue weighted by Gasteiger charge is 2.34. The van der Waals surface area contributed by atoms with Crippen LogP contribution in [0.1, 0.15) is 60.3 Å².